The molecule has 2 aromatic carbocycles. The zero-order chi connectivity index (χ0) is 17.8. The first-order valence-electron chi connectivity index (χ1n) is 8.58. The third-order valence-corrected chi connectivity index (χ3v) is 4.52. The van der Waals surface area contributed by atoms with Gasteiger partial charge in [0, 0.05) is 35.5 Å². The molecule has 0 fully saturated rings. The van der Waals surface area contributed by atoms with Gasteiger partial charge in [0.05, 0.1) is 7.11 Å². The summed E-state index contributed by atoms with van der Waals surface area (Å²) in [5.74, 6) is 0.940. The fourth-order valence-corrected chi connectivity index (χ4v) is 3.03. The van der Waals surface area contributed by atoms with Gasteiger partial charge in [0.15, 0.2) is 0 Å². The molecule has 3 aromatic rings. The lowest BCUT2D eigenvalue weighted by Crippen LogP contribution is -2.32. The van der Waals surface area contributed by atoms with Crippen LogP contribution >= 0.6 is 0 Å². The summed E-state index contributed by atoms with van der Waals surface area (Å²) >= 11 is 0. The Hall–Kier alpha value is -2.75. The Morgan fingerprint density at radius 3 is 2.52 bits per heavy atom. The van der Waals surface area contributed by atoms with Gasteiger partial charge in [0.25, 0.3) is 0 Å². The van der Waals surface area contributed by atoms with E-state index in [1.54, 1.807) is 7.11 Å². The van der Waals surface area contributed by atoms with Gasteiger partial charge in [-0.15, -0.1) is 0 Å². The number of carbonyl (C=O) groups excluding carboxylic acids is 1. The number of H-pyrrole nitrogens is 1. The summed E-state index contributed by atoms with van der Waals surface area (Å²) in [5.41, 5.74) is 3.44. The Labute approximate surface area is 148 Å². The number of ether oxygens (including phenoxy) is 1. The van der Waals surface area contributed by atoms with Crippen LogP contribution in [0.15, 0.2) is 54.7 Å². The highest BCUT2D eigenvalue weighted by Gasteiger charge is 2.19. The highest BCUT2D eigenvalue weighted by Crippen LogP contribution is 2.31. The minimum atomic E-state index is -0.0283. The second-order valence-corrected chi connectivity index (χ2v) is 6.52. The molecule has 1 atom stereocenters. The van der Waals surface area contributed by atoms with Crippen LogP contribution in [0.5, 0.6) is 5.75 Å². The molecule has 0 aliphatic heterocycles. The molecule has 1 heterocycles. The highest BCUT2D eigenvalue weighted by molar-refractivity contribution is 5.84. The topological polar surface area (TPSA) is 54.1 Å². The molecule has 0 bridgehead atoms. The van der Waals surface area contributed by atoms with Crippen molar-refractivity contribution in [2.24, 2.45) is 5.92 Å². The SMILES string of the molecule is COc1ccc([C@@H](CNC(=O)C(C)C)c2c[nH]c3ccccc23)cc1. The van der Waals surface area contributed by atoms with Gasteiger partial charge in [-0.05, 0) is 29.3 Å². The number of amides is 1. The summed E-state index contributed by atoms with van der Waals surface area (Å²) < 4.78 is 5.26. The lowest BCUT2D eigenvalue weighted by atomic mass is 9.90. The van der Waals surface area contributed by atoms with Crippen molar-refractivity contribution in [1.29, 1.82) is 0 Å². The number of carbonyl (C=O) groups is 1. The number of fused-ring (bicyclic) bond motifs is 1. The molecule has 0 aliphatic rings. The van der Waals surface area contributed by atoms with Crippen molar-refractivity contribution in [2.45, 2.75) is 19.8 Å². The predicted octanol–water partition coefficient (Wildman–Crippen LogP) is 4.08. The van der Waals surface area contributed by atoms with Crippen LogP contribution in [0.4, 0.5) is 0 Å². The van der Waals surface area contributed by atoms with Gasteiger partial charge < -0.3 is 15.0 Å². The Morgan fingerprint density at radius 2 is 1.84 bits per heavy atom. The fourth-order valence-electron chi connectivity index (χ4n) is 3.03. The van der Waals surface area contributed by atoms with E-state index in [-0.39, 0.29) is 17.7 Å². The van der Waals surface area contributed by atoms with Crippen molar-refractivity contribution in [2.75, 3.05) is 13.7 Å². The number of benzene rings is 2. The average Bonchev–Trinajstić information content (AvgIpc) is 3.06. The average molecular weight is 336 g/mol. The number of hydrogen-bond donors (Lipinski definition) is 2. The van der Waals surface area contributed by atoms with Crippen LogP contribution in [-0.4, -0.2) is 24.5 Å². The van der Waals surface area contributed by atoms with Gasteiger partial charge >= 0.3 is 0 Å². The van der Waals surface area contributed by atoms with Crippen LogP contribution in [-0.2, 0) is 4.79 Å². The van der Waals surface area contributed by atoms with Crippen molar-refractivity contribution >= 4 is 16.8 Å². The van der Waals surface area contributed by atoms with Gasteiger partial charge in [-0.3, -0.25) is 4.79 Å². The van der Waals surface area contributed by atoms with Crippen LogP contribution in [0.2, 0.25) is 0 Å². The van der Waals surface area contributed by atoms with Crippen molar-refractivity contribution in [3.63, 3.8) is 0 Å². The normalized spacial score (nSPS) is 12.3. The number of aromatic amines is 1. The summed E-state index contributed by atoms with van der Waals surface area (Å²) in [6.07, 6.45) is 2.04. The van der Waals surface area contributed by atoms with Crippen molar-refractivity contribution in [3.05, 3.63) is 65.9 Å². The third-order valence-electron chi connectivity index (χ3n) is 4.52. The predicted molar refractivity (Wildman–Crippen MR) is 101 cm³/mol. The molecule has 0 aliphatic carbocycles. The van der Waals surface area contributed by atoms with E-state index in [0.717, 1.165) is 16.8 Å². The Balaban J connectivity index is 1.97. The molecule has 130 valence electrons. The Bertz CT molecular complexity index is 850. The summed E-state index contributed by atoms with van der Waals surface area (Å²) in [6, 6.07) is 16.3. The smallest absolute Gasteiger partial charge is 0.222 e. The number of methoxy groups -OCH3 is 1. The summed E-state index contributed by atoms with van der Waals surface area (Å²) in [6.45, 7) is 4.37. The van der Waals surface area contributed by atoms with Crippen LogP contribution in [0.25, 0.3) is 10.9 Å². The molecule has 3 rings (SSSR count). The first kappa shape index (κ1) is 17.1. The second kappa shape index (κ2) is 7.43. The molecule has 0 unspecified atom stereocenters. The maximum atomic E-state index is 12.1. The molecule has 1 amide bonds. The van der Waals surface area contributed by atoms with E-state index in [1.165, 1.54) is 10.9 Å². The number of rotatable bonds is 6. The Morgan fingerprint density at radius 1 is 1.12 bits per heavy atom. The van der Waals surface area contributed by atoms with Gasteiger partial charge in [-0.1, -0.05) is 44.2 Å². The van der Waals surface area contributed by atoms with E-state index in [0.29, 0.717) is 6.54 Å². The van der Waals surface area contributed by atoms with Crippen LogP contribution in [0.3, 0.4) is 0 Å². The Kier molecular flexibility index (Phi) is 5.08. The summed E-state index contributed by atoms with van der Waals surface area (Å²) in [7, 11) is 1.66. The molecule has 2 N–H and O–H groups in total. The maximum Gasteiger partial charge on any atom is 0.222 e. The van der Waals surface area contributed by atoms with E-state index < -0.39 is 0 Å². The molecule has 25 heavy (non-hydrogen) atoms. The summed E-state index contributed by atoms with van der Waals surface area (Å²) in [5, 5.41) is 4.26. The second-order valence-electron chi connectivity index (χ2n) is 6.52. The minimum Gasteiger partial charge on any atom is -0.497 e. The van der Waals surface area contributed by atoms with E-state index in [4.69, 9.17) is 4.74 Å². The third kappa shape index (κ3) is 3.68. The molecule has 4 heteroatoms. The molecule has 0 spiro atoms. The number of para-hydroxylation sites is 1. The van der Waals surface area contributed by atoms with Gasteiger partial charge in [0.1, 0.15) is 5.75 Å². The molecule has 4 nitrogen and oxygen atoms in total. The van der Waals surface area contributed by atoms with E-state index >= 15 is 0 Å². The fraction of sp³-hybridized carbons (Fsp3) is 0.286. The minimum absolute atomic E-state index is 0.0283. The van der Waals surface area contributed by atoms with Crippen LogP contribution in [0.1, 0.15) is 30.9 Å². The molecule has 0 radical (unpaired) electrons. The zero-order valence-electron chi connectivity index (χ0n) is 14.9. The first-order chi connectivity index (χ1) is 12.1. The van der Waals surface area contributed by atoms with E-state index in [9.17, 15) is 4.79 Å². The van der Waals surface area contributed by atoms with E-state index in [2.05, 4.69) is 34.6 Å². The molecular formula is C21H24N2O2. The van der Waals surface area contributed by atoms with Crippen molar-refractivity contribution in [3.8, 4) is 5.75 Å². The number of aromatic nitrogens is 1. The highest BCUT2D eigenvalue weighted by atomic mass is 16.5. The van der Waals surface area contributed by atoms with Crippen molar-refractivity contribution in [1.82, 2.24) is 10.3 Å². The molecule has 0 saturated heterocycles. The maximum absolute atomic E-state index is 12.1. The van der Waals surface area contributed by atoms with E-state index in [1.807, 2.05) is 44.3 Å². The van der Waals surface area contributed by atoms with Gasteiger partial charge in [-0.2, -0.15) is 0 Å². The molecule has 1 aromatic heterocycles. The monoisotopic (exact) mass is 336 g/mol. The number of nitrogens with one attached hydrogen (secondary N) is 2. The first-order valence-corrected chi connectivity index (χ1v) is 8.58. The largest absolute Gasteiger partial charge is 0.497 e. The van der Waals surface area contributed by atoms with Gasteiger partial charge in [0.2, 0.25) is 5.91 Å². The van der Waals surface area contributed by atoms with Crippen LogP contribution < -0.4 is 10.1 Å². The lowest BCUT2D eigenvalue weighted by Gasteiger charge is -2.19. The molecular weight excluding hydrogens is 312 g/mol. The summed E-state index contributed by atoms with van der Waals surface area (Å²) in [4.78, 5) is 15.4. The zero-order valence-corrected chi connectivity index (χ0v) is 14.9. The standard InChI is InChI=1S/C21H24N2O2/c1-14(2)21(24)23-12-18(15-8-10-16(25-3)11-9-15)19-13-22-20-7-5-4-6-17(19)20/h4-11,13-14,18,22H,12H2,1-3H3,(H,23,24)/t18-/m1/s1. The molecule has 0 saturated carbocycles. The lowest BCUT2D eigenvalue weighted by molar-refractivity contribution is -0.124. The van der Waals surface area contributed by atoms with Crippen molar-refractivity contribution < 1.29 is 9.53 Å². The quantitative estimate of drug-likeness (QED) is 0.712. The van der Waals surface area contributed by atoms with Gasteiger partial charge in [-0.25, -0.2) is 0 Å². The van der Waals surface area contributed by atoms with Crippen LogP contribution in [0, 0.1) is 5.92 Å². The number of hydrogen-bond acceptors (Lipinski definition) is 2.